The highest BCUT2D eigenvalue weighted by Crippen LogP contribution is 2.27. The molecule has 1 aliphatic heterocycles. The number of rotatable bonds is 7. The Hall–Kier alpha value is -2.31. The van der Waals surface area contributed by atoms with Crippen LogP contribution in [0, 0.1) is 0 Å². The monoisotopic (exact) mass is 555 g/mol. The van der Waals surface area contributed by atoms with Crippen LogP contribution < -0.4 is 16.0 Å². The molecule has 0 radical (unpaired) electrons. The number of hydrogen-bond donors (Lipinski definition) is 5. The number of carbonyl (C=O) groups is 3. The Balaban J connectivity index is 1.36. The summed E-state index contributed by atoms with van der Waals surface area (Å²) in [5.74, 6) is 0. The quantitative estimate of drug-likeness (QED) is 0.297. The summed E-state index contributed by atoms with van der Waals surface area (Å²) in [4.78, 5) is 37.7. The number of aliphatic hydroxyl groups is 2. The van der Waals surface area contributed by atoms with E-state index in [1.807, 2.05) is 0 Å². The molecule has 3 aliphatic carbocycles. The van der Waals surface area contributed by atoms with Gasteiger partial charge in [0.1, 0.15) is 18.8 Å². The van der Waals surface area contributed by atoms with Crippen molar-refractivity contribution in [3.8, 4) is 0 Å². The zero-order valence-electron chi connectivity index (χ0n) is 22.7. The molecule has 3 saturated carbocycles. The van der Waals surface area contributed by atoms with E-state index in [1.165, 1.54) is 0 Å². The van der Waals surface area contributed by atoms with Gasteiger partial charge < -0.3 is 45.1 Å². The fourth-order valence-electron chi connectivity index (χ4n) is 6.06. The van der Waals surface area contributed by atoms with Crippen LogP contribution in [-0.4, -0.2) is 83.9 Å². The average Bonchev–Trinajstić information content (AvgIpc) is 2.93. The maximum atomic E-state index is 12.8. The van der Waals surface area contributed by atoms with Gasteiger partial charge in [0.05, 0.1) is 0 Å². The van der Waals surface area contributed by atoms with Gasteiger partial charge in [-0.25, -0.2) is 14.4 Å². The lowest BCUT2D eigenvalue weighted by Gasteiger charge is -2.41. The van der Waals surface area contributed by atoms with Crippen LogP contribution in [0.2, 0.25) is 0 Å². The van der Waals surface area contributed by atoms with Crippen molar-refractivity contribution < 1.29 is 43.5 Å². The first kappa shape index (κ1) is 29.7. The molecule has 0 unspecified atom stereocenters. The van der Waals surface area contributed by atoms with Crippen LogP contribution in [0.3, 0.4) is 0 Å². The Morgan fingerprint density at radius 2 is 1.03 bits per heavy atom. The molecule has 0 spiro atoms. The molecule has 0 bridgehead atoms. The smallest absolute Gasteiger partial charge is 0.407 e. The Labute approximate surface area is 229 Å². The predicted octanol–water partition coefficient (Wildman–Crippen LogP) is 2.98. The lowest BCUT2D eigenvalue weighted by atomic mass is 9.95. The van der Waals surface area contributed by atoms with E-state index in [-0.39, 0.29) is 24.7 Å². The number of nitrogens with one attached hydrogen (secondary N) is 3. The van der Waals surface area contributed by atoms with Crippen molar-refractivity contribution in [1.29, 1.82) is 0 Å². The molecule has 1 saturated heterocycles. The van der Waals surface area contributed by atoms with E-state index in [2.05, 4.69) is 16.0 Å². The van der Waals surface area contributed by atoms with Gasteiger partial charge in [0.25, 0.3) is 0 Å². The molecule has 12 heteroatoms. The minimum atomic E-state index is -1.71. The Morgan fingerprint density at radius 1 is 0.615 bits per heavy atom. The van der Waals surface area contributed by atoms with E-state index in [1.54, 1.807) is 0 Å². The fraction of sp³-hybridized carbons (Fsp3) is 0.889. The zero-order valence-corrected chi connectivity index (χ0v) is 22.7. The molecule has 222 valence electrons. The third-order valence-electron chi connectivity index (χ3n) is 8.28. The van der Waals surface area contributed by atoms with Crippen LogP contribution in [0.4, 0.5) is 14.4 Å². The minimum absolute atomic E-state index is 0.0362. The third-order valence-corrected chi connectivity index (χ3v) is 8.28. The van der Waals surface area contributed by atoms with E-state index >= 15 is 0 Å². The van der Waals surface area contributed by atoms with Crippen molar-refractivity contribution in [3.63, 3.8) is 0 Å². The topological polar surface area (TPSA) is 165 Å². The van der Waals surface area contributed by atoms with Crippen molar-refractivity contribution in [3.05, 3.63) is 0 Å². The molecular weight excluding hydrogens is 510 g/mol. The lowest BCUT2D eigenvalue weighted by Crippen LogP contribution is -2.62. The van der Waals surface area contributed by atoms with Crippen molar-refractivity contribution in [2.45, 2.75) is 145 Å². The third kappa shape index (κ3) is 9.11. The van der Waals surface area contributed by atoms with Crippen LogP contribution >= 0.6 is 0 Å². The van der Waals surface area contributed by atoms with Gasteiger partial charge in [0.2, 0.25) is 0 Å². The molecule has 39 heavy (non-hydrogen) atoms. The first-order valence-corrected chi connectivity index (χ1v) is 14.8. The average molecular weight is 556 g/mol. The Bertz CT molecular complexity index is 797. The summed E-state index contributed by atoms with van der Waals surface area (Å²) < 4.78 is 21.7. The maximum absolute atomic E-state index is 12.8. The van der Waals surface area contributed by atoms with Gasteiger partial charge in [-0.1, -0.05) is 57.8 Å². The normalized spacial score (nSPS) is 31.1. The number of carbonyl (C=O) groups excluding carboxylic acids is 3. The molecule has 3 amide bonds. The summed E-state index contributed by atoms with van der Waals surface area (Å²) in [5.41, 5.74) is 0. The van der Waals surface area contributed by atoms with Gasteiger partial charge >= 0.3 is 18.3 Å². The van der Waals surface area contributed by atoms with Crippen molar-refractivity contribution >= 4 is 18.3 Å². The summed E-state index contributed by atoms with van der Waals surface area (Å²) in [6, 6.07) is -0.0607. The van der Waals surface area contributed by atoms with E-state index in [0.29, 0.717) is 0 Å². The first-order valence-electron chi connectivity index (χ1n) is 14.8. The van der Waals surface area contributed by atoms with Crippen molar-refractivity contribution in [2.75, 3.05) is 6.61 Å². The van der Waals surface area contributed by atoms with E-state index < -0.39 is 49.0 Å². The standard InChI is InChI=1S/C27H45N3O9/c31-21-20(16-36-25(33)28-17-10-4-1-5-11-17)37-24(32)23(39-27(35)30-19-14-8-3-9-15-19)22(21)38-26(34)29-18-12-6-2-7-13-18/h17-24,31-32H,1-16H2,(H,28,33)(H,29,34)(H,30,35)/t20-,21-,22+,23-,24+/m1/s1. The number of amides is 3. The van der Waals surface area contributed by atoms with Gasteiger partial charge in [-0.2, -0.15) is 0 Å². The van der Waals surface area contributed by atoms with E-state index in [0.717, 1.165) is 96.3 Å². The molecule has 0 aromatic rings. The summed E-state index contributed by atoms with van der Waals surface area (Å²) in [6.07, 6.45) is 4.93. The van der Waals surface area contributed by atoms with Crippen LogP contribution in [-0.2, 0) is 18.9 Å². The molecule has 5 N–H and O–H groups in total. The number of aliphatic hydroxyl groups excluding tert-OH is 2. The van der Waals surface area contributed by atoms with Gasteiger partial charge in [-0.3, -0.25) is 0 Å². The molecule has 0 aromatic carbocycles. The van der Waals surface area contributed by atoms with Gasteiger partial charge in [0.15, 0.2) is 18.5 Å². The highest BCUT2D eigenvalue weighted by Gasteiger charge is 2.50. The molecule has 4 rings (SSSR count). The van der Waals surface area contributed by atoms with E-state index in [4.69, 9.17) is 18.9 Å². The molecule has 1 heterocycles. The molecule has 4 aliphatic rings. The van der Waals surface area contributed by atoms with Crippen molar-refractivity contribution in [1.82, 2.24) is 16.0 Å². The minimum Gasteiger partial charge on any atom is -0.447 e. The number of hydrogen-bond acceptors (Lipinski definition) is 9. The second-order valence-electron chi connectivity index (χ2n) is 11.3. The second-order valence-corrected chi connectivity index (χ2v) is 11.3. The van der Waals surface area contributed by atoms with Crippen LogP contribution in [0.25, 0.3) is 0 Å². The van der Waals surface area contributed by atoms with Crippen LogP contribution in [0.15, 0.2) is 0 Å². The summed E-state index contributed by atoms with van der Waals surface area (Å²) in [7, 11) is 0. The first-order chi connectivity index (χ1) is 18.9. The molecule has 4 fully saturated rings. The number of alkyl carbamates (subject to hydrolysis) is 3. The highest BCUT2D eigenvalue weighted by atomic mass is 16.7. The molecule has 12 nitrogen and oxygen atoms in total. The van der Waals surface area contributed by atoms with Crippen molar-refractivity contribution in [2.24, 2.45) is 0 Å². The molecule has 5 atom stereocenters. The van der Waals surface area contributed by atoms with Crippen LogP contribution in [0.1, 0.15) is 96.3 Å². The predicted molar refractivity (Wildman–Crippen MR) is 139 cm³/mol. The van der Waals surface area contributed by atoms with Gasteiger partial charge in [0, 0.05) is 18.1 Å². The Morgan fingerprint density at radius 3 is 1.49 bits per heavy atom. The van der Waals surface area contributed by atoms with Gasteiger partial charge in [-0.05, 0) is 38.5 Å². The SMILES string of the molecule is O=C(NC1CCCCC1)OC[C@H]1O[C@H](O)[C@H](OC(=O)NC2CCCCC2)[C@@H](OC(=O)NC2CCCCC2)[C@@H]1O. The summed E-state index contributed by atoms with van der Waals surface area (Å²) >= 11 is 0. The summed E-state index contributed by atoms with van der Waals surface area (Å²) in [6.45, 7) is -0.387. The number of ether oxygens (including phenoxy) is 4. The lowest BCUT2D eigenvalue weighted by molar-refractivity contribution is -0.284. The summed E-state index contributed by atoms with van der Waals surface area (Å²) in [5, 5.41) is 30.2. The van der Waals surface area contributed by atoms with Crippen LogP contribution in [0.5, 0.6) is 0 Å². The Kier molecular flexibility index (Phi) is 11.3. The largest absolute Gasteiger partial charge is 0.447 e. The molecule has 0 aromatic heterocycles. The molecular formula is C27H45N3O9. The fourth-order valence-corrected chi connectivity index (χ4v) is 6.06. The zero-order chi connectivity index (χ0) is 27.6. The second kappa shape index (κ2) is 14.9. The van der Waals surface area contributed by atoms with E-state index in [9.17, 15) is 24.6 Å². The highest BCUT2D eigenvalue weighted by molar-refractivity contribution is 5.69. The van der Waals surface area contributed by atoms with Gasteiger partial charge in [-0.15, -0.1) is 0 Å². The maximum Gasteiger partial charge on any atom is 0.407 e.